The van der Waals surface area contributed by atoms with E-state index in [1.54, 1.807) is 14.2 Å². The van der Waals surface area contributed by atoms with Gasteiger partial charge >= 0.3 is 0 Å². The van der Waals surface area contributed by atoms with Crippen molar-refractivity contribution >= 4 is 15.9 Å². The molecule has 5 heteroatoms. The monoisotopic (exact) mass is 356 g/mol. The number of methoxy groups -OCH3 is 2. The van der Waals surface area contributed by atoms with Crippen molar-refractivity contribution in [2.45, 2.75) is 50.2 Å². The summed E-state index contributed by atoms with van der Waals surface area (Å²) in [6.07, 6.45) is 6.56. The molecule has 1 fully saturated rings. The smallest absolute Gasteiger partial charge is 0.122 e. The van der Waals surface area contributed by atoms with Crippen LogP contribution in [0.3, 0.4) is 0 Å². The van der Waals surface area contributed by atoms with Gasteiger partial charge in [0.1, 0.15) is 5.75 Å². The molecule has 0 aliphatic heterocycles. The van der Waals surface area contributed by atoms with E-state index in [0.717, 1.165) is 35.0 Å². The summed E-state index contributed by atoms with van der Waals surface area (Å²) in [5.41, 5.74) is 3.94. The van der Waals surface area contributed by atoms with Crippen molar-refractivity contribution in [1.82, 2.24) is 5.43 Å². The molecule has 1 atom stereocenters. The second-order valence-corrected chi connectivity index (χ2v) is 6.62. The third-order valence-electron chi connectivity index (χ3n) is 4.61. The Kier molecular flexibility index (Phi) is 6.05. The second-order valence-electron chi connectivity index (χ2n) is 5.71. The van der Waals surface area contributed by atoms with E-state index >= 15 is 0 Å². The molecule has 1 unspecified atom stereocenters. The summed E-state index contributed by atoms with van der Waals surface area (Å²) in [4.78, 5) is 0. The zero-order valence-electron chi connectivity index (χ0n) is 12.8. The van der Waals surface area contributed by atoms with Crippen molar-refractivity contribution < 1.29 is 9.47 Å². The first kappa shape index (κ1) is 16.7. The first-order valence-corrected chi connectivity index (χ1v) is 8.28. The minimum atomic E-state index is -0.180. The lowest BCUT2D eigenvalue weighted by Gasteiger charge is -2.42. The molecule has 0 heterocycles. The Morgan fingerprint density at radius 1 is 1.29 bits per heavy atom. The second kappa shape index (κ2) is 7.58. The molecule has 1 aliphatic carbocycles. The average Bonchev–Trinajstić information content (AvgIpc) is 2.53. The van der Waals surface area contributed by atoms with Gasteiger partial charge < -0.3 is 9.47 Å². The molecule has 1 saturated carbocycles. The summed E-state index contributed by atoms with van der Waals surface area (Å²) in [5, 5.41) is 0. The molecule has 1 aliphatic rings. The van der Waals surface area contributed by atoms with Gasteiger partial charge in [-0.05, 0) is 43.0 Å². The van der Waals surface area contributed by atoms with E-state index in [1.807, 2.05) is 12.1 Å². The molecule has 0 radical (unpaired) electrons. The molecule has 21 heavy (non-hydrogen) atoms. The molecule has 118 valence electrons. The maximum Gasteiger partial charge on any atom is 0.122 e. The lowest BCUT2D eigenvalue weighted by atomic mass is 9.77. The number of hydrogen-bond donors (Lipinski definition) is 2. The van der Waals surface area contributed by atoms with Gasteiger partial charge in [-0.1, -0.05) is 35.2 Å². The van der Waals surface area contributed by atoms with Gasteiger partial charge in [-0.25, -0.2) is 0 Å². The van der Waals surface area contributed by atoms with Gasteiger partial charge in [0, 0.05) is 11.6 Å². The molecule has 3 N–H and O–H groups in total. The minimum absolute atomic E-state index is 0.0750. The van der Waals surface area contributed by atoms with Crippen molar-refractivity contribution in [2.75, 3.05) is 14.2 Å². The van der Waals surface area contributed by atoms with Gasteiger partial charge in [0.05, 0.1) is 18.8 Å². The average molecular weight is 357 g/mol. The highest BCUT2D eigenvalue weighted by Crippen LogP contribution is 2.36. The number of hydrazine groups is 1. The van der Waals surface area contributed by atoms with Crippen molar-refractivity contribution in [3.63, 3.8) is 0 Å². The standard InChI is InChI=1S/C16H25BrN2O2/c1-20-14-7-6-13(17)10-12(14)11-15(19-18)16(21-2)8-4-3-5-9-16/h6-7,10,15,19H,3-5,8-9,11,18H2,1-2H3. The molecule has 1 aromatic carbocycles. The summed E-state index contributed by atoms with van der Waals surface area (Å²) in [5.74, 6) is 6.75. The lowest BCUT2D eigenvalue weighted by molar-refractivity contribution is -0.0674. The van der Waals surface area contributed by atoms with Crippen LogP contribution in [0.25, 0.3) is 0 Å². The maximum atomic E-state index is 5.91. The largest absolute Gasteiger partial charge is 0.496 e. The minimum Gasteiger partial charge on any atom is -0.496 e. The van der Waals surface area contributed by atoms with E-state index in [1.165, 1.54) is 19.3 Å². The summed E-state index contributed by atoms with van der Waals surface area (Å²) in [7, 11) is 3.50. The topological polar surface area (TPSA) is 56.5 Å². The normalized spacial score (nSPS) is 19.2. The number of ether oxygens (including phenoxy) is 2. The van der Waals surface area contributed by atoms with E-state index in [4.69, 9.17) is 15.3 Å². The predicted octanol–water partition coefficient (Wildman–Crippen LogP) is 3.18. The van der Waals surface area contributed by atoms with Crippen LogP contribution in [0.5, 0.6) is 5.75 Å². The van der Waals surface area contributed by atoms with Crippen LogP contribution in [-0.4, -0.2) is 25.9 Å². The number of hydrogen-bond acceptors (Lipinski definition) is 4. The third-order valence-corrected chi connectivity index (χ3v) is 5.10. The van der Waals surface area contributed by atoms with E-state index in [9.17, 15) is 0 Å². The highest BCUT2D eigenvalue weighted by molar-refractivity contribution is 9.10. The SMILES string of the molecule is COc1ccc(Br)cc1CC(NN)C1(OC)CCCCC1. The van der Waals surface area contributed by atoms with Crippen molar-refractivity contribution in [2.24, 2.45) is 5.84 Å². The molecule has 0 spiro atoms. The molecular weight excluding hydrogens is 332 g/mol. The fraction of sp³-hybridized carbons (Fsp3) is 0.625. The molecular formula is C16H25BrN2O2. The van der Waals surface area contributed by atoms with Crippen LogP contribution in [0.15, 0.2) is 22.7 Å². The van der Waals surface area contributed by atoms with Crippen LogP contribution in [-0.2, 0) is 11.2 Å². The number of rotatable bonds is 6. The first-order valence-electron chi connectivity index (χ1n) is 7.49. The fourth-order valence-electron chi connectivity index (χ4n) is 3.37. The van der Waals surface area contributed by atoms with Gasteiger partial charge in [-0.15, -0.1) is 0 Å². The Morgan fingerprint density at radius 2 is 2.00 bits per heavy atom. The highest BCUT2D eigenvalue weighted by atomic mass is 79.9. The Morgan fingerprint density at radius 3 is 2.57 bits per heavy atom. The van der Waals surface area contributed by atoms with E-state index in [-0.39, 0.29) is 11.6 Å². The number of halogens is 1. The Hall–Kier alpha value is -0.620. The van der Waals surface area contributed by atoms with Gasteiger partial charge in [0.15, 0.2) is 0 Å². The van der Waals surface area contributed by atoms with Gasteiger partial charge in [-0.2, -0.15) is 0 Å². The van der Waals surface area contributed by atoms with Crippen molar-refractivity contribution in [1.29, 1.82) is 0 Å². The predicted molar refractivity (Wildman–Crippen MR) is 88.3 cm³/mol. The molecule has 2 rings (SSSR count). The summed E-state index contributed by atoms with van der Waals surface area (Å²) < 4.78 is 12.4. The van der Waals surface area contributed by atoms with Crippen molar-refractivity contribution in [3.8, 4) is 5.75 Å². The zero-order valence-corrected chi connectivity index (χ0v) is 14.4. The summed E-state index contributed by atoms with van der Waals surface area (Å²) in [6, 6.07) is 6.13. The van der Waals surface area contributed by atoms with Crippen LogP contribution in [0.1, 0.15) is 37.7 Å². The van der Waals surface area contributed by atoms with Crippen LogP contribution in [0.2, 0.25) is 0 Å². The lowest BCUT2D eigenvalue weighted by Crippen LogP contribution is -2.56. The third kappa shape index (κ3) is 3.77. The van der Waals surface area contributed by atoms with Crippen LogP contribution < -0.4 is 16.0 Å². The molecule has 0 amide bonds. The van der Waals surface area contributed by atoms with Crippen LogP contribution in [0, 0.1) is 0 Å². The van der Waals surface area contributed by atoms with Gasteiger partial charge in [-0.3, -0.25) is 11.3 Å². The molecule has 4 nitrogen and oxygen atoms in total. The Bertz CT molecular complexity index is 462. The number of benzene rings is 1. The van der Waals surface area contributed by atoms with E-state index < -0.39 is 0 Å². The van der Waals surface area contributed by atoms with Gasteiger partial charge in [0.25, 0.3) is 0 Å². The maximum absolute atomic E-state index is 5.91. The Labute approximate surface area is 135 Å². The van der Waals surface area contributed by atoms with Crippen LogP contribution in [0.4, 0.5) is 0 Å². The van der Waals surface area contributed by atoms with E-state index in [2.05, 4.69) is 27.4 Å². The molecule has 0 aromatic heterocycles. The zero-order chi connectivity index (χ0) is 15.3. The fourth-order valence-corrected chi connectivity index (χ4v) is 3.78. The van der Waals surface area contributed by atoms with E-state index in [0.29, 0.717) is 0 Å². The quantitative estimate of drug-likeness (QED) is 0.607. The van der Waals surface area contributed by atoms with Crippen molar-refractivity contribution in [3.05, 3.63) is 28.2 Å². The van der Waals surface area contributed by atoms with Crippen LogP contribution >= 0.6 is 15.9 Å². The summed E-state index contributed by atoms with van der Waals surface area (Å²) >= 11 is 3.53. The molecule has 0 saturated heterocycles. The number of nitrogens with two attached hydrogens (primary N) is 1. The van der Waals surface area contributed by atoms with Gasteiger partial charge in [0.2, 0.25) is 0 Å². The molecule has 1 aromatic rings. The Balaban J connectivity index is 2.23. The number of nitrogens with one attached hydrogen (secondary N) is 1. The summed E-state index contributed by atoms with van der Waals surface area (Å²) in [6.45, 7) is 0. The first-order chi connectivity index (χ1) is 10.1. The highest BCUT2D eigenvalue weighted by Gasteiger charge is 2.39. The molecule has 0 bridgehead atoms.